The second kappa shape index (κ2) is 6.54. The maximum absolute atomic E-state index is 11.3. The molecular weight excluding hydrogens is 280 g/mol. The van der Waals surface area contributed by atoms with Crippen molar-refractivity contribution in [2.75, 3.05) is 6.61 Å². The Morgan fingerprint density at radius 3 is 3.00 bits per heavy atom. The molecule has 1 aromatic carbocycles. The fourth-order valence-electron chi connectivity index (χ4n) is 1.70. The van der Waals surface area contributed by atoms with E-state index in [9.17, 15) is 9.90 Å². The van der Waals surface area contributed by atoms with Gasteiger partial charge in [-0.15, -0.1) is 0 Å². The molecule has 0 aliphatic rings. The van der Waals surface area contributed by atoms with Gasteiger partial charge in [0, 0.05) is 11.8 Å². The summed E-state index contributed by atoms with van der Waals surface area (Å²) >= 11 is 5.74. The number of aliphatic hydroxyl groups excluding tert-OH is 1. The number of ketones is 1. The number of hydrogen-bond acceptors (Lipinski definition) is 4. The molecule has 1 N–H and O–H groups in total. The summed E-state index contributed by atoms with van der Waals surface area (Å²) in [6.45, 7) is 1.90. The van der Waals surface area contributed by atoms with Crippen molar-refractivity contribution in [1.29, 1.82) is 0 Å². The van der Waals surface area contributed by atoms with Crippen LogP contribution < -0.4 is 4.74 Å². The summed E-state index contributed by atoms with van der Waals surface area (Å²) in [7, 11) is 0. The van der Waals surface area contributed by atoms with Crippen molar-refractivity contribution in [3.63, 3.8) is 0 Å². The molecule has 0 fully saturated rings. The van der Waals surface area contributed by atoms with E-state index in [0.717, 1.165) is 0 Å². The molecule has 1 heterocycles. The summed E-state index contributed by atoms with van der Waals surface area (Å²) in [5, 5.41) is 14.3. The van der Waals surface area contributed by atoms with Crippen LogP contribution in [0.25, 0.3) is 0 Å². The molecule has 1 atom stereocenters. The number of Topliss-reactive ketones (excluding diaryl/α,β-unsaturated/α-hetero) is 1. The van der Waals surface area contributed by atoms with Gasteiger partial charge >= 0.3 is 0 Å². The summed E-state index contributed by atoms with van der Waals surface area (Å²) in [5.41, 5.74) is 0.579. The van der Waals surface area contributed by atoms with E-state index in [0.29, 0.717) is 22.9 Å². The number of carbonyl (C=O) groups excluding carboxylic acids is 1. The zero-order valence-electron chi connectivity index (χ0n) is 11.0. The van der Waals surface area contributed by atoms with Crippen molar-refractivity contribution in [2.45, 2.75) is 19.6 Å². The van der Waals surface area contributed by atoms with Gasteiger partial charge in [-0.2, -0.15) is 5.10 Å². The molecule has 0 aliphatic carbocycles. The van der Waals surface area contributed by atoms with Gasteiger partial charge in [0.05, 0.1) is 17.8 Å². The zero-order valence-corrected chi connectivity index (χ0v) is 11.7. The molecule has 0 aliphatic heterocycles. The number of aliphatic hydroxyl groups is 1. The fourth-order valence-corrected chi connectivity index (χ4v) is 1.86. The second-order valence-electron chi connectivity index (χ2n) is 4.43. The van der Waals surface area contributed by atoms with Crippen LogP contribution in [0.2, 0.25) is 5.02 Å². The molecule has 0 saturated carbocycles. The quantitative estimate of drug-likeness (QED) is 0.829. The minimum absolute atomic E-state index is 0.0258. The first-order valence-electron chi connectivity index (χ1n) is 6.14. The third-order valence-electron chi connectivity index (χ3n) is 2.68. The van der Waals surface area contributed by atoms with Gasteiger partial charge in [-0.1, -0.05) is 23.7 Å². The Morgan fingerprint density at radius 1 is 1.55 bits per heavy atom. The van der Waals surface area contributed by atoms with Crippen LogP contribution in [0, 0.1) is 0 Å². The van der Waals surface area contributed by atoms with E-state index < -0.39 is 6.10 Å². The van der Waals surface area contributed by atoms with Crippen LogP contribution >= 0.6 is 11.6 Å². The molecule has 5 nitrogen and oxygen atoms in total. The van der Waals surface area contributed by atoms with Gasteiger partial charge in [0.2, 0.25) is 0 Å². The van der Waals surface area contributed by atoms with Crippen LogP contribution in [-0.2, 0) is 6.54 Å². The molecular formula is C14H15ClN2O3. The van der Waals surface area contributed by atoms with Crippen LogP contribution in [0.4, 0.5) is 0 Å². The van der Waals surface area contributed by atoms with E-state index in [1.165, 1.54) is 13.1 Å². The van der Waals surface area contributed by atoms with Gasteiger partial charge in [-0.05, 0) is 19.1 Å². The summed E-state index contributed by atoms with van der Waals surface area (Å²) in [4.78, 5) is 11.3. The molecule has 0 bridgehead atoms. The van der Waals surface area contributed by atoms with Gasteiger partial charge in [-0.3, -0.25) is 9.48 Å². The topological polar surface area (TPSA) is 64.3 Å². The Kier molecular flexibility index (Phi) is 4.76. The lowest BCUT2D eigenvalue weighted by atomic mass is 10.1. The maximum Gasteiger partial charge on any atom is 0.159 e. The Hall–Kier alpha value is -1.85. The lowest BCUT2D eigenvalue weighted by Gasteiger charge is -2.12. The van der Waals surface area contributed by atoms with Crippen molar-refractivity contribution in [2.24, 2.45) is 0 Å². The Labute approximate surface area is 121 Å². The van der Waals surface area contributed by atoms with Gasteiger partial charge in [0.15, 0.2) is 5.78 Å². The summed E-state index contributed by atoms with van der Waals surface area (Å²) < 4.78 is 7.01. The fraction of sp³-hybridized carbons (Fsp3) is 0.286. The standard InChI is InChI=1S/C14H15ClN2O3/c1-10(18)11-3-2-4-14(5-11)20-9-13(19)8-17-7-12(15)6-16-17/h2-7,13,19H,8-9H2,1H3/t13-/m0/s1. The smallest absolute Gasteiger partial charge is 0.159 e. The largest absolute Gasteiger partial charge is 0.491 e. The molecule has 2 rings (SSSR count). The predicted octanol–water partition coefficient (Wildman–Crippen LogP) is 2.18. The number of halogens is 1. The molecule has 0 amide bonds. The highest BCUT2D eigenvalue weighted by Gasteiger charge is 2.08. The Bertz CT molecular complexity index is 598. The average Bonchev–Trinajstić information content (AvgIpc) is 2.82. The Balaban J connectivity index is 1.88. The Morgan fingerprint density at radius 2 is 2.35 bits per heavy atom. The van der Waals surface area contributed by atoms with E-state index in [4.69, 9.17) is 16.3 Å². The number of rotatable bonds is 6. The number of benzene rings is 1. The number of aromatic nitrogens is 2. The van der Waals surface area contributed by atoms with E-state index >= 15 is 0 Å². The first kappa shape index (κ1) is 14.6. The second-order valence-corrected chi connectivity index (χ2v) is 4.87. The van der Waals surface area contributed by atoms with Crippen LogP contribution in [-0.4, -0.2) is 33.4 Å². The van der Waals surface area contributed by atoms with Gasteiger partial charge in [0.1, 0.15) is 18.5 Å². The summed E-state index contributed by atoms with van der Waals surface area (Å²) in [6.07, 6.45) is 2.42. The first-order chi connectivity index (χ1) is 9.54. The zero-order chi connectivity index (χ0) is 14.5. The molecule has 20 heavy (non-hydrogen) atoms. The highest BCUT2D eigenvalue weighted by Crippen LogP contribution is 2.14. The monoisotopic (exact) mass is 294 g/mol. The van der Waals surface area contributed by atoms with E-state index in [1.54, 1.807) is 35.1 Å². The molecule has 2 aromatic rings. The predicted molar refractivity (Wildman–Crippen MR) is 75.2 cm³/mol. The van der Waals surface area contributed by atoms with Crippen LogP contribution in [0.1, 0.15) is 17.3 Å². The van der Waals surface area contributed by atoms with Crippen molar-refractivity contribution < 1.29 is 14.6 Å². The highest BCUT2D eigenvalue weighted by molar-refractivity contribution is 6.30. The van der Waals surface area contributed by atoms with Crippen molar-refractivity contribution >= 4 is 17.4 Å². The van der Waals surface area contributed by atoms with Crippen LogP contribution in [0.5, 0.6) is 5.75 Å². The van der Waals surface area contributed by atoms with Crippen molar-refractivity contribution in [3.8, 4) is 5.75 Å². The van der Waals surface area contributed by atoms with Crippen LogP contribution in [0.3, 0.4) is 0 Å². The first-order valence-corrected chi connectivity index (χ1v) is 6.52. The van der Waals surface area contributed by atoms with E-state index in [2.05, 4.69) is 5.10 Å². The number of carbonyl (C=O) groups is 1. The van der Waals surface area contributed by atoms with Crippen LogP contribution in [0.15, 0.2) is 36.7 Å². The lowest BCUT2D eigenvalue weighted by molar-refractivity contribution is 0.0892. The van der Waals surface area contributed by atoms with E-state index in [1.807, 2.05) is 0 Å². The normalized spacial score (nSPS) is 12.2. The maximum atomic E-state index is 11.3. The summed E-state index contributed by atoms with van der Waals surface area (Å²) in [6, 6.07) is 6.85. The molecule has 1 aromatic heterocycles. The minimum Gasteiger partial charge on any atom is -0.491 e. The SMILES string of the molecule is CC(=O)c1cccc(OC[C@@H](O)Cn2cc(Cl)cn2)c1. The minimum atomic E-state index is -0.716. The molecule has 0 unspecified atom stereocenters. The average molecular weight is 295 g/mol. The third kappa shape index (κ3) is 4.08. The molecule has 0 radical (unpaired) electrons. The number of hydrogen-bond donors (Lipinski definition) is 1. The van der Waals surface area contributed by atoms with E-state index in [-0.39, 0.29) is 12.4 Å². The van der Waals surface area contributed by atoms with Crippen molar-refractivity contribution in [1.82, 2.24) is 9.78 Å². The summed E-state index contributed by atoms with van der Waals surface area (Å²) in [5.74, 6) is 0.525. The van der Waals surface area contributed by atoms with Gasteiger partial charge in [0.25, 0.3) is 0 Å². The molecule has 0 saturated heterocycles. The number of nitrogens with zero attached hydrogens (tertiary/aromatic N) is 2. The van der Waals surface area contributed by atoms with Gasteiger partial charge < -0.3 is 9.84 Å². The third-order valence-corrected chi connectivity index (χ3v) is 2.88. The van der Waals surface area contributed by atoms with Gasteiger partial charge in [-0.25, -0.2) is 0 Å². The molecule has 106 valence electrons. The number of ether oxygens (including phenoxy) is 1. The van der Waals surface area contributed by atoms with Crippen molar-refractivity contribution in [3.05, 3.63) is 47.2 Å². The highest BCUT2D eigenvalue weighted by atomic mass is 35.5. The molecule has 6 heteroatoms. The molecule has 0 spiro atoms. The lowest BCUT2D eigenvalue weighted by Crippen LogP contribution is -2.23.